The number of piperidine rings is 1. The van der Waals surface area contributed by atoms with Gasteiger partial charge in [0.1, 0.15) is 11.3 Å². The van der Waals surface area contributed by atoms with Gasteiger partial charge in [0.25, 0.3) is 5.91 Å². The van der Waals surface area contributed by atoms with E-state index in [1.807, 2.05) is 6.92 Å². The summed E-state index contributed by atoms with van der Waals surface area (Å²) in [5, 5.41) is 7.14. The first kappa shape index (κ1) is 20.3. The average molecular weight is 460 g/mol. The predicted octanol–water partition coefficient (Wildman–Crippen LogP) is 5.59. The highest BCUT2D eigenvalue weighted by molar-refractivity contribution is 6.35. The number of likely N-dealkylation sites (tertiary alicyclic amines) is 1. The first-order chi connectivity index (χ1) is 15.2. The zero-order valence-corrected chi connectivity index (χ0v) is 19.1. The molecule has 6 nitrogen and oxygen atoms in total. The number of nitrogens with zero attached hydrogens (tertiary/aromatic N) is 1. The van der Waals surface area contributed by atoms with Gasteiger partial charge in [0.2, 0.25) is 0 Å². The third-order valence-electron chi connectivity index (χ3n) is 8.79. The van der Waals surface area contributed by atoms with Crippen molar-refractivity contribution in [3.8, 4) is 0 Å². The first-order valence-corrected chi connectivity index (χ1v) is 11.9. The van der Waals surface area contributed by atoms with E-state index in [0.717, 1.165) is 43.1 Å². The fourth-order valence-corrected chi connectivity index (χ4v) is 6.79. The summed E-state index contributed by atoms with van der Waals surface area (Å²) in [6.07, 6.45) is 5.36. The van der Waals surface area contributed by atoms with E-state index in [0.29, 0.717) is 35.8 Å². The minimum Gasteiger partial charge on any atom is -0.450 e. The van der Waals surface area contributed by atoms with Crippen LogP contribution in [0, 0.1) is 11.3 Å². The smallest absolute Gasteiger partial charge is 0.319 e. The molecule has 8 heteroatoms. The Balaban J connectivity index is 1.41. The molecule has 32 heavy (non-hydrogen) atoms. The average Bonchev–Trinajstić information content (AvgIpc) is 3.01. The Bertz CT molecular complexity index is 1170. The van der Waals surface area contributed by atoms with Crippen LogP contribution < -0.4 is 10.6 Å². The number of anilines is 1. The number of carbonyl (C=O) groups is 2. The van der Waals surface area contributed by atoms with Crippen molar-refractivity contribution in [2.75, 3.05) is 18.4 Å². The van der Waals surface area contributed by atoms with Crippen molar-refractivity contribution in [1.29, 1.82) is 0 Å². The molecule has 3 fully saturated rings. The monoisotopic (exact) mass is 459 g/mol. The summed E-state index contributed by atoms with van der Waals surface area (Å²) in [6.45, 7) is 4.54. The maximum Gasteiger partial charge on any atom is 0.319 e. The molecule has 2 aliphatic carbocycles. The molecule has 1 saturated heterocycles. The fourth-order valence-electron chi connectivity index (χ4n) is 6.54. The van der Waals surface area contributed by atoms with Crippen LogP contribution >= 0.6 is 11.6 Å². The molecule has 1 aromatic heterocycles. The highest BCUT2D eigenvalue weighted by Crippen LogP contribution is 2.68. The van der Waals surface area contributed by atoms with Gasteiger partial charge in [-0.1, -0.05) is 37.8 Å². The summed E-state index contributed by atoms with van der Waals surface area (Å²) in [5.41, 5.74) is -0.109. The van der Waals surface area contributed by atoms with Crippen LogP contribution in [0.15, 0.2) is 16.5 Å². The molecular weight excluding hydrogens is 433 g/mol. The molecule has 3 amide bonds. The molecule has 2 N–H and O–H groups in total. The van der Waals surface area contributed by atoms with Crippen LogP contribution in [0.5, 0.6) is 0 Å². The Morgan fingerprint density at radius 2 is 1.97 bits per heavy atom. The van der Waals surface area contributed by atoms with E-state index in [-0.39, 0.29) is 29.0 Å². The van der Waals surface area contributed by atoms with Crippen molar-refractivity contribution in [1.82, 2.24) is 10.2 Å². The number of urea groups is 1. The number of carbonyl (C=O) groups excluding carboxylic acids is 2. The van der Waals surface area contributed by atoms with Crippen LogP contribution in [0.3, 0.4) is 0 Å². The molecule has 0 radical (unpaired) electrons. The lowest BCUT2D eigenvalue weighted by molar-refractivity contribution is 0.0660. The highest BCUT2D eigenvalue weighted by atomic mass is 35.5. The lowest BCUT2D eigenvalue weighted by Gasteiger charge is -2.42. The van der Waals surface area contributed by atoms with Crippen molar-refractivity contribution in [3.63, 3.8) is 0 Å². The SMILES string of the molecule is CC1(F)[C@H]2CN(C(=O)c3cc4cc(Cl)c5c(c4o3)C3(CCCCC3)NC(=O)N5)CC[C@]21C. The molecule has 1 unspecified atom stereocenters. The Labute approximate surface area is 190 Å². The molecule has 4 aliphatic rings. The molecule has 1 aromatic carbocycles. The number of nitrogens with one attached hydrogen (secondary N) is 2. The van der Waals surface area contributed by atoms with Gasteiger partial charge in [-0.2, -0.15) is 0 Å². The zero-order valence-electron chi connectivity index (χ0n) is 18.3. The second kappa shape index (κ2) is 6.40. The Morgan fingerprint density at radius 1 is 1.22 bits per heavy atom. The van der Waals surface area contributed by atoms with Gasteiger partial charge in [-0.15, -0.1) is 0 Å². The van der Waals surface area contributed by atoms with Gasteiger partial charge < -0.3 is 20.0 Å². The highest BCUT2D eigenvalue weighted by Gasteiger charge is 2.73. The van der Waals surface area contributed by atoms with Gasteiger partial charge in [-0.25, -0.2) is 9.18 Å². The van der Waals surface area contributed by atoms with E-state index >= 15 is 0 Å². The standard InChI is InChI=1S/C24H27ClFN3O3/c1-22-8-9-29(12-16(22)23(22,2)26)20(30)15-11-13-10-14(25)18-17(19(13)32-15)24(28-21(31)27-18)6-4-3-5-7-24/h10-11,16H,3-9,12H2,1-2H3,(H2,27,28,31)/t16-,22+,23?/m0/s1. The normalized spacial score (nSPS) is 32.8. The summed E-state index contributed by atoms with van der Waals surface area (Å²) in [7, 11) is 0. The second-order valence-electron chi connectivity index (χ2n) is 10.4. The van der Waals surface area contributed by atoms with Crippen LogP contribution in [-0.4, -0.2) is 35.6 Å². The summed E-state index contributed by atoms with van der Waals surface area (Å²) >= 11 is 6.58. The zero-order chi connectivity index (χ0) is 22.5. The Kier molecular flexibility index (Phi) is 4.07. The maximum absolute atomic E-state index is 14.8. The molecule has 3 atom stereocenters. The number of alkyl halides is 1. The summed E-state index contributed by atoms with van der Waals surface area (Å²) in [6, 6.07) is 3.20. The number of fused-ring (bicyclic) bond motifs is 5. The maximum atomic E-state index is 14.8. The minimum atomic E-state index is -1.22. The lowest BCUT2D eigenvalue weighted by atomic mass is 9.74. The lowest BCUT2D eigenvalue weighted by Crippen LogP contribution is -2.52. The summed E-state index contributed by atoms with van der Waals surface area (Å²) in [5.74, 6) is -0.123. The van der Waals surface area contributed by atoms with E-state index in [9.17, 15) is 14.0 Å². The third kappa shape index (κ3) is 2.57. The van der Waals surface area contributed by atoms with Gasteiger partial charge in [0, 0.05) is 35.4 Å². The van der Waals surface area contributed by atoms with Gasteiger partial charge in [-0.05, 0) is 38.3 Å². The van der Waals surface area contributed by atoms with E-state index in [4.69, 9.17) is 16.0 Å². The number of hydrogen-bond donors (Lipinski definition) is 2. The molecule has 2 aliphatic heterocycles. The number of benzene rings is 1. The number of rotatable bonds is 1. The Morgan fingerprint density at radius 3 is 2.69 bits per heavy atom. The van der Waals surface area contributed by atoms with Crippen molar-refractivity contribution in [2.45, 2.75) is 63.6 Å². The van der Waals surface area contributed by atoms with E-state index in [1.54, 1.807) is 24.0 Å². The number of furan rings is 1. The number of halogens is 2. The molecule has 2 aromatic rings. The topological polar surface area (TPSA) is 74.6 Å². The van der Waals surface area contributed by atoms with Crippen LogP contribution in [0.2, 0.25) is 5.02 Å². The number of amides is 3. The molecule has 1 spiro atoms. The fraction of sp³-hybridized carbons (Fsp3) is 0.583. The van der Waals surface area contributed by atoms with Crippen LogP contribution in [0.1, 0.15) is 68.5 Å². The van der Waals surface area contributed by atoms with Crippen molar-refractivity contribution in [2.24, 2.45) is 11.3 Å². The van der Waals surface area contributed by atoms with Gasteiger partial charge in [0.05, 0.1) is 16.2 Å². The van der Waals surface area contributed by atoms with Crippen molar-refractivity contribution in [3.05, 3.63) is 28.5 Å². The van der Waals surface area contributed by atoms with Gasteiger partial charge in [-0.3, -0.25) is 4.79 Å². The molecule has 3 heterocycles. The predicted molar refractivity (Wildman–Crippen MR) is 120 cm³/mol. The van der Waals surface area contributed by atoms with Crippen LogP contribution in [0.25, 0.3) is 11.0 Å². The number of hydrogen-bond acceptors (Lipinski definition) is 3. The molecule has 6 rings (SSSR count). The van der Waals surface area contributed by atoms with E-state index in [1.165, 1.54) is 0 Å². The third-order valence-corrected chi connectivity index (χ3v) is 9.09. The minimum absolute atomic E-state index is 0.135. The van der Waals surface area contributed by atoms with Gasteiger partial charge >= 0.3 is 6.03 Å². The second-order valence-corrected chi connectivity index (χ2v) is 10.8. The van der Waals surface area contributed by atoms with Gasteiger partial charge in [0.15, 0.2) is 5.76 Å². The Hall–Kier alpha value is -2.28. The van der Waals surface area contributed by atoms with Crippen molar-refractivity contribution >= 4 is 40.2 Å². The summed E-state index contributed by atoms with van der Waals surface area (Å²) < 4.78 is 21.0. The van der Waals surface area contributed by atoms with Crippen LogP contribution in [-0.2, 0) is 5.54 Å². The summed E-state index contributed by atoms with van der Waals surface area (Å²) in [4.78, 5) is 27.4. The molecule has 170 valence electrons. The largest absolute Gasteiger partial charge is 0.450 e. The quantitative estimate of drug-likeness (QED) is 0.583. The van der Waals surface area contributed by atoms with Crippen LogP contribution in [0.4, 0.5) is 14.9 Å². The van der Waals surface area contributed by atoms with Crippen molar-refractivity contribution < 1.29 is 18.4 Å². The molecule has 2 saturated carbocycles. The van der Waals surface area contributed by atoms with E-state index in [2.05, 4.69) is 10.6 Å². The molecule has 0 bridgehead atoms. The first-order valence-electron chi connectivity index (χ1n) is 11.5. The molecular formula is C24H27ClFN3O3. The van der Waals surface area contributed by atoms with E-state index < -0.39 is 11.2 Å².